The molecule has 7 nitrogen and oxygen atoms in total. The molecule has 0 aliphatic rings. The summed E-state index contributed by atoms with van der Waals surface area (Å²) in [6, 6.07) is 7.37. The van der Waals surface area contributed by atoms with E-state index in [1.165, 1.54) is 12.1 Å². The summed E-state index contributed by atoms with van der Waals surface area (Å²) in [4.78, 5) is 27.2. The Morgan fingerprint density at radius 2 is 1.81 bits per heavy atom. The molecule has 2 aromatic heterocycles. The van der Waals surface area contributed by atoms with Gasteiger partial charge in [0, 0.05) is 10.7 Å². The fourth-order valence-electron chi connectivity index (χ4n) is 2.55. The first-order valence-electron chi connectivity index (χ1n) is 7.63. The predicted molar refractivity (Wildman–Crippen MR) is 96.4 cm³/mol. The van der Waals surface area contributed by atoms with Crippen molar-refractivity contribution in [2.45, 2.75) is 13.8 Å². The van der Waals surface area contributed by atoms with Crippen molar-refractivity contribution in [3.05, 3.63) is 69.5 Å². The van der Waals surface area contributed by atoms with Gasteiger partial charge in [-0.1, -0.05) is 0 Å². The number of aryl methyl sites for hydroxylation is 1. The van der Waals surface area contributed by atoms with E-state index in [9.17, 15) is 14.0 Å². The fourth-order valence-corrected chi connectivity index (χ4v) is 2.89. The Bertz CT molecular complexity index is 978. The first-order chi connectivity index (χ1) is 12.4. The maximum absolute atomic E-state index is 13.1. The largest absolute Gasteiger partial charge is 0.356 e. The molecule has 0 unspecified atom stereocenters. The molecule has 0 aliphatic carbocycles. The highest BCUT2D eigenvalue weighted by Gasteiger charge is 2.20. The van der Waals surface area contributed by atoms with Crippen LogP contribution >= 0.6 is 15.9 Å². The molecule has 1 aromatic carbocycles. The van der Waals surface area contributed by atoms with Crippen LogP contribution in [0.15, 0.2) is 41.0 Å². The van der Waals surface area contributed by atoms with Gasteiger partial charge < -0.3 is 4.98 Å². The van der Waals surface area contributed by atoms with Crippen LogP contribution in [-0.4, -0.2) is 26.6 Å². The molecule has 3 rings (SSSR count). The molecule has 9 heteroatoms. The molecule has 2 amide bonds. The molecule has 0 aliphatic heterocycles. The van der Waals surface area contributed by atoms with Crippen LogP contribution in [0.3, 0.4) is 0 Å². The molecule has 0 bridgehead atoms. The fraction of sp³-hybridized carbons (Fsp3) is 0.118. The number of hydrazine groups is 1. The van der Waals surface area contributed by atoms with E-state index in [-0.39, 0.29) is 5.82 Å². The maximum Gasteiger partial charge on any atom is 0.286 e. The highest BCUT2D eigenvalue weighted by molar-refractivity contribution is 9.10. The Morgan fingerprint density at radius 1 is 1.15 bits per heavy atom. The zero-order chi connectivity index (χ0) is 18.8. The molecule has 0 atom stereocenters. The number of nitrogens with zero attached hydrogens (tertiary/aromatic N) is 2. The van der Waals surface area contributed by atoms with E-state index in [4.69, 9.17) is 0 Å². The van der Waals surface area contributed by atoms with Crippen LogP contribution in [0.1, 0.15) is 32.2 Å². The first-order valence-corrected chi connectivity index (χ1v) is 8.43. The number of H-pyrrole nitrogens is 1. The van der Waals surface area contributed by atoms with E-state index >= 15 is 0 Å². The molecule has 0 saturated carbocycles. The second-order valence-electron chi connectivity index (χ2n) is 5.57. The van der Waals surface area contributed by atoms with Crippen LogP contribution in [-0.2, 0) is 0 Å². The first kappa shape index (κ1) is 17.9. The Kier molecular flexibility index (Phi) is 4.90. The maximum atomic E-state index is 13.1. The standard InChI is InChI=1S/C17H15BrFN5O2/c1-9-15(10(2)24(23-9)13-5-3-12(19)4-6-13)17(26)22-21-16(25)14-7-11(18)8-20-14/h3-8,20H,1-2H3,(H,21,25)(H,22,26). The van der Waals surface area contributed by atoms with Crippen molar-refractivity contribution in [3.63, 3.8) is 0 Å². The lowest BCUT2D eigenvalue weighted by molar-refractivity contribution is 0.0843. The Morgan fingerprint density at radius 3 is 2.42 bits per heavy atom. The molecular formula is C17H15BrFN5O2. The molecular weight excluding hydrogens is 405 g/mol. The van der Waals surface area contributed by atoms with Gasteiger partial charge in [-0.05, 0) is 60.1 Å². The summed E-state index contributed by atoms with van der Waals surface area (Å²) < 4.78 is 15.4. The van der Waals surface area contributed by atoms with Gasteiger partial charge in [0.1, 0.15) is 11.5 Å². The van der Waals surface area contributed by atoms with Crippen molar-refractivity contribution in [2.24, 2.45) is 0 Å². The van der Waals surface area contributed by atoms with Crippen LogP contribution in [0.4, 0.5) is 4.39 Å². The summed E-state index contributed by atoms with van der Waals surface area (Å²) >= 11 is 3.23. The van der Waals surface area contributed by atoms with Gasteiger partial charge in [0.05, 0.1) is 22.6 Å². The monoisotopic (exact) mass is 419 g/mol. The predicted octanol–water partition coefficient (Wildman–Crippen LogP) is 2.79. The highest BCUT2D eigenvalue weighted by Crippen LogP contribution is 2.18. The number of hydrogen-bond acceptors (Lipinski definition) is 3. The quantitative estimate of drug-likeness (QED) is 0.569. The van der Waals surface area contributed by atoms with Crippen LogP contribution in [0.25, 0.3) is 5.69 Å². The second-order valence-corrected chi connectivity index (χ2v) is 6.49. The number of halogens is 2. The van der Waals surface area contributed by atoms with Crippen molar-refractivity contribution >= 4 is 27.7 Å². The molecule has 2 heterocycles. The van der Waals surface area contributed by atoms with Gasteiger partial charge in [0.15, 0.2) is 0 Å². The van der Waals surface area contributed by atoms with E-state index in [0.29, 0.717) is 28.3 Å². The molecule has 0 radical (unpaired) electrons. The zero-order valence-corrected chi connectivity index (χ0v) is 15.5. The average molecular weight is 420 g/mol. The van der Waals surface area contributed by atoms with Crippen LogP contribution in [0.2, 0.25) is 0 Å². The van der Waals surface area contributed by atoms with Gasteiger partial charge in [-0.2, -0.15) is 5.10 Å². The summed E-state index contributed by atoms with van der Waals surface area (Å²) in [6.07, 6.45) is 1.61. The number of benzene rings is 1. The summed E-state index contributed by atoms with van der Waals surface area (Å²) in [5.41, 5.74) is 7.04. The molecule has 0 spiro atoms. The van der Waals surface area contributed by atoms with E-state index in [2.05, 4.69) is 36.9 Å². The topological polar surface area (TPSA) is 91.8 Å². The molecule has 26 heavy (non-hydrogen) atoms. The number of amides is 2. The van der Waals surface area contributed by atoms with Gasteiger partial charge in [-0.15, -0.1) is 0 Å². The number of carbonyl (C=O) groups excluding carboxylic acids is 2. The second kappa shape index (κ2) is 7.12. The summed E-state index contributed by atoms with van der Waals surface area (Å²) in [5, 5.41) is 4.33. The lowest BCUT2D eigenvalue weighted by Gasteiger charge is -2.07. The summed E-state index contributed by atoms with van der Waals surface area (Å²) in [7, 11) is 0. The average Bonchev–Trinajstić information content (AvgIpc) is 3.16. The lowest BCUT2D eigenvalue weighted by Crippen LogP contribution is -2.42. The lowest BCUT2D eigenvalue weighted by atomic mass is 10.2. The number of aromatic nitrogens is 3. The van der Waals surface area contributed by atoms with Gasteiger partial charge in [-0.3, -0.25) is 20.4 Å². The SMILES string of the molecule is Cc1nn(-c2ccc(F)cc2)c(C)c1C(=O)NNC(=O)c1cc(Br)c[nH]1. The highest BCUT2D eigenvalue weighted by atomic mass is 79.9. The van der Waals surface area contributed by atoms with Crippen molar-refractivity contribution in [3.8, 4) is 5.69 Å². The Labute approximate surface area is 156 Å². The van der Waals surface area contributed by atoms with Crippen molar-refractivity contribution in [2.75, 3.05) is 0 Å². The summed E-state index contributed by atoms with van der Waals surface area (Å²) in [5.74, 6) is -1.33. The molecule has 0 saturated heterocycles. The van der Waals surface area contributed by atoms with E-state index in [0.717, 1.165) is 4.47 Å². The number of carbonyl (C=O) groups is 2. The van der Waals surface area contributed by atoms with E-state index < -0.39 is 11.8 Å². The normalized spacial score (nSPS) is 10.6. The van der Waals surface area contributed by atoms with E-state index in [1.807, 2.05) is 0 Å². The number of rotatable bonds is 3. The van der Waals surface area contributed by atoms with Gasteiger partial charge in [-0.25, -0.2) is 9.07 Å². The Hall–Kier alpha value is -2.94. The van der Waals surface area contributed by atoms with Crippen molar-refractivity contribution < 1.29 is 14.0 Å². The third-order valence-electron chi connectivity index (χ3n) is 3.77. The minimum atomic E-state index is -0.493. The molecule has 3 aromatic rings. The summed E-state index contributed by atoms with van der Waals surface area (Å²) in [6.45, 7) is 3.41. The van der Waals surface area contributed by atoms with Gasteiger partial charge >= 0.3 is 0 Å². The molecule has 134 valence electrons. The van der Waals surface area contributed by atoms with Gasteiger partial charge in [0.25, 0.3) is 11.8 Å². The third-order valence-corrected chi connectivity index (χ3v) is 4.23. The minimum Gasteiger partial charge on any atom is -0.356 e. The van der Waals surface area contributed by atoms with Gasteiger partial charge in [0.2, 0.25) is 0 Å². The minimum absolute atomic E-state index is 0.299. The zero-order valence-electron chi connectivity index (χ0n) is 13.9. The van der Waals surface area contributed by atoms with Crippen LogP contribution in [0, 0.1) is 19.7 Å². The Balaban J connectivity index is 1.77. The van der Waals surface area contributed by atoms with E-state index in [1.54, 1.807) is 42.9 Å². The van der Waals surface area contributed by atoms with Crippen molar-refractivity contribution in [1.82, 2.24) is 25.6 Å². The van der Waals surface area contributed by atoms with Crippen LogP contribution < -0.4 is 10.9 Å². The smallest absolute Gasteiger partial charge is 0.286 e. The molecule has 3 N–H and O–H groups in total. The third kappa shape index (κ3) is 3.52. The van der Waals surface area contributed by atoms with Crippen molar-refractivity contribution in [1.29, 1.82) is 0 Å². The number of hydrogen-bond donors (Lipinski definition) is 3. The number of nitrogens with one attached hydrogen (secondary N) is 3. The molecule has 0 fully saturated rings. The van der Waals surface area contributed by atoms with Crippen LogP contribution in [0.5, 0.6) is 0 Å². The number of aromatic amines is 1.